The van der Waals surface area contributed by atoms with Gasteiger partial charge in [-0.2, -0.15) is 0 Å². The molecular weight excluding hydrogens is 192 g/mol. The Morgan fingerprint density at radius 3 is 2.27 bits per heavy atom. The number of benzene rings is 1. The summed E-state index contributed by atoms with van der Waals surface area (Å²) in [7, 11) is 0. The van der Waals surface area contributed by atoms with E-state index in [0.29, 0.717) is 6.41 Å². The van der Waals surface area contributed by atoms with Crippen LogP contribution in [0.3, 0.4) is 0 Å². The molecule has 15 heavy (non-hydrogen) atoms. The second kappa shape index (κ2) is 7.96. The molecule has 1 aliphatic heterocycles. The van der Waals surface area contributed by atoms with Gasteiger partial charge in [0.2, 0.25) is 6.41 Å². The predicted octanol–water partition coefficient (Wildman–Crippen LogP) is 0.861. The highest BCUT2D eigenvalue weighted by Gasteiger charge is 1.92. The molecule has 0 unspecified atom stereocenters. The molecule has 1 aromatic carbocycles. The Kier molecular flexibility index (Phi) is 6.20. The zero-order chi connectivity index (χ0) is 10.8. The predicted molar refractivity (Wildman–Crippen MR) is 59.8 cm³/mol. The van der Waals surface area contributed by atoms with Crippen molar-refractivity contribution in [2.24, 2.45) is 0 Å². The Labute approximate surface area is 89.6 Å². The molecule has 2 N–H and O–H groups in total. The molecule has 4 heteroatoms. The first-order valence-corrected chi connectivity index (χ1v) is 4.97. The van der Waals surface area contributed by atoms with E-state index in [4.69, 9.17) is 4.74 Å². The fraction of sp³-hybridized carbons (Fsp3) is 0.364. The van der Waals surface area contributed by atoms with Crippen molar-refractivity contribution in [2.75, 3.05) is 31.6 Å². The number of morpholine rings is 1. The van der Waals surface area contributed by atoms with E-state index >= 15 is 0 Å². The fourth-order valence-corrected chi connectivity index (χ4v) is 1.12. The smallest absolute Gasteiger partial charge is 0.211 e. The quantitative estimate of drug-likeness (QED) is 0.709. The van der Waals surface area contributed by atoms with Crippen LogP contribution in [-0.2, 0) is 9.53 Å². The van der Waals surface area contributed by atoms with Gasteiger partial charge in [0.15, 0.2) is 0 Å². The zero-order valence-corrected chi connectivity index (χ0v) is 8.61. The van der Waals surface area contributed by atoms with Gasteiger partial charge in [-0.25, -0.2) is 0 Å². The molecule has 82 valence electrons. The first-order chi connectivity index (χ1) is 7.43. The van der Waals surface area contributed by atoms with Gasteiger partial charge in [-0.15, -0.1) is 0 Å². The number of hydrogen-bond acceptors (Lipinski definition) is 3. The van der Waals surface area contributed by atoms with Crippen LogP contribution in [0.4, 0.5) is 5.69 Å². The van der Waals surface area contributed by atoms with Gasteiger partial charge in [-0.05, 0) is 12.1 Å². The molecule has 0 saturated carbocycles. The second-order valence-electron chi connectivity index (χ2n) is 2.99. The van der Waals surface area contributed by atoms with E-state index in [1.165, 1.54) is 0 Å². The van der Waals surface area contributed by atoms with Crippen molar-refractivity contribution < 1.29 is 9.53 Å². The first-order valence-electron chi connectivity index (χ1n) is 4.97. The Balaban J connectivity index is 0.000000162. The number of hydrogen-bond donors (Lipinski definition) is 2. The van der Waals surface area contributed by atoms with Crippen molar-refractivity contribution in [1.29, 1.82) is 0 Å². The minimum absolute atomic E-state index is 0.662. The van der Waals surface area contributed by atoms with Gasteiger partial charge in [0.05, 0.1) is 13.2 Å². The average molecular weight is 208 g/mol. The van der Waals surface area contributed by atoms with Gasteiger partial charge in [0, 0.05) is 18.8 Å². The summed E-state index contributed by atoms with van der Waals surface area (Å²) in [5.41, 5.74) is 0.826. The standard InChI is InChI=1S/C7H7NO.C4H9NO/c9-6-8-7-4-2-1-3-5-7;1-3-6-4-2-5-1/h1-6H,(H,8,9);5H,1-4H2. The van der Waals surface area contributed by atoms with Crippen LogP contribution in [0.2, 0.25) is 0 Å². The number of amides is 1. The van der Waals surface area contributed by atoms with Gasteiger partial charge in [0.1, 0.15) is 0 Å². The summed E-state index contributed by atoms with van der Waals surface area (Å²) in [6, 6.07) is 9.29. The van der Waals surface area contributed by atoms with E-state index in [0.717, 1.165) is 32.0 Å². The van der Waals surface area contributed by atoms with E-state index < -0.39 is 0 Å². The maximum absolute atomic E-state index is 9.86. The fourth-order valence-electron chi connectivity index (χ4n) is 1.12. The molecule has 0 aliphatic carbocycles. The van der Waals surface area contributed by atoms with Gasteiger partial charge >= 0.3 is 0 Å². The minimum Gasteiger partial charge on any atom is -0.379 e. The van der Waals surface area contributed by atoms with Crippen LogP contribution in [0, 0.1) is 0 Å². The number of rotatable bonds is 2. The molecule has 0 aromatic heterocycles. The molecule has 4 nitrogen and oxygen atoms in total. The lowest BCUT2D eigenvalue weighted by atomic mass is 10.3. The van der Waals surface area contributed by atoms with Crippen LogP contribution in [0.25, 0.3) is 0 Å². The van der Waals surface area contributed by atoms with E-state index in [-0.39, 0.29) is 0 Å². The maximum atomic E-state index is 9.86. The normalized spacial score (nSPS) is 14.7. The summed E-state index contributed by atoms with van der Waals surface area (Å²) in [5, 5.41) is 5.69. The number of anilines is 1. The van der Waals surface area contributed by atoms with Crippen LogP contribution in [-0.4, -0.2) is 32.7 Å². The largest absolute Gasteiger partial charge is 0.379 e. The van der Waals surface area contributed by atoms with Crippen molar-refractivity contribution in [2.45, 2.75) is 0 Å². The number of carbonyl (C=O) groups excluding carboxylic acids is 1. The maximum Gasteiger partial charge on any atom is 0.211 e. The van der Waals surface area contributed by atoms with Crippen molar-refractivity contribution in [3.05, 3.63) is 30.3 Å². The molecule has 1 saturated heterocycles. The summed E-state index contributed by atoms with van der Waals surface area (Å²) in [6.45, 7) is 3.83. The number of nitrogens with one attached hydrogen (secondary N) is 2. The van der Waals surface area contributed by atoms with Crippen LogP contribution in [0.15, 0.2) is 30.3 Å². The van der Waals surface area contributed by atoms with E-state index in [1.54, 1.807) is 0 Å². The summed E-state index contributed by atoms with van der Waals surface area (Å²) in [4.78, 5) is 9.86. The van der Waals surface area contributed by atoms with E-state index in [1.807, 2.05) is 30.3 Å². The Morgan fingerprint density at radius 2 is 1.87 bits per heavy atom. The third-order valence-corrected chi connectivity index (χ3v) is 1.85. The van der Waals surface area contributed by atoms with E-state index in [9.17, 15) is 4.79 Å². The molecule has 1 aliphatic rings. The first kappa shape index (κ1) is 11.7. The third-order valence-electron chi connectivity index (χ3n) is 1.85. The van der Waals surface area contributed by atoms with Crippen molar-refractivity contribution in [1.82, 2.24) is 5.32 Å². The topological polar surface area (TPSA) is 50.4 Å². The minimum atomic E-state index is 0.662. The molecule has 2 rings (SSSR count). The Morgan fingerprint density at radius 1 is 1.20 bits per heavy atom. The highest BCUT2D eigenvalue weighted by Crippen LogP contribution is 2.01. The molecule has 0 spiro atoms. The molecular formula is C11H16N2O2. The summed E-state index contributed by atoms with van der Waals surface area (Å²) in [6.07, 6.45) is 0.662. The summed E-state index contributed by atoms with van der Waals surface area (Å²) >= 11 is 0. The summed E-state index contributed by atoms with van der Waals surface area (Å²) < 4.78 is 5.01. The SMILES string of the molecule is C1COCCN1.O=CNc1ccccc1. The summed E-state index contributed by atoms with van der Waals surface area (Å²) in [5.74, 6) is 0. The van der Waals surface area contributed by atoms with E-state index in [2.05, 4.69) is 10.6 Å². The Bertz CT molecular complexity index is 249. The highest BCUT2D eigenvalue weighted by molar-refractivity contribution is 5.70. The average Bonchev–Trinajstić information content (AvgIpc) is 2.34. The van der Waals surface area contributed by atoms with Crippen molar-refractivity contribution >= 4 is 12.1 Å². The molecule has 1 heterocycles. The van der Waals surface area contributed by atoms with Crippen LogP contribution in [0.5, 0.6) is 0 Å². The van der Waals surface area contributed by atoms with Gasteiger partial charge < -0.3 is 15.4 Å². The lowest BCUT2D eigenvalue weighted by Crippen LogP contribution is -2.30. The molecule has 1 aromatic rings. The zero-order valence-electron chi connectivity index (χ0n) is 8.61. The van der Waals surface area contributed by atoms with Gasteiger partial charge in [-0.1, -0.05) is 18.2 Å². The lowest BCUT2D eigenvalue weighted by molar-refractivity contribution is -0.105. The van der Waals surface area contributed by atoms with Crippen LogP contribution in [0.1, 0.15) is 0 Å². The molecule has 1 amide bonds. The van der Waals surface area contributed by atoms with Crippen molar-refractivity contribution in [3.63, 3.8) is 0 Å². The molecule has 0 radical (unpaired) electrons. The van der Waals surface area contributed by atoms with Gasteiger partial charge in [-0.3, -0.25) is 4.79 Å². The number of para-hydroxylation sites is 1. The second-order valence-corrected chi connectivity index (χ2v) is 2.99. The monoisotopic (exact) mass is 208 g/mol. The molecule has 1 fully saturated rings. The highest BCUT2D eigenvalue weighted by atomic mass is 16.5. The lowest BCUT2D eigenvalue weighted by Gasteiger charge is -2.10. The van der Waals surface area contributed by atoms with Gasteiger partial charge in [0.25, 0.3) is 0 Å². The van der Waals surface area contributed by atoms with Crippen molar-refractivity contribution in [3.8, 4) is 0 Å². The Hall–Kier alpha value is -1.39. The number of ether oxygens (including phenoxy) is 1. The third kappa shape index (κ3) is 5.83. The molecule has 0 atom stereocenters. The number of carbonyl (C=O) groups is 1. The molecule has 0 bridgehead atoms. The van der Waals surface area contributed by atoms with Crippen LogP contribution >= 0.6 is 0 Å². The van der Waals surface area contributed by atoms with Crippen LogP contribution < -0.4 is 10.6 Å².